The molecule has 0 aliphatic rings. The monoisotopic (exact) mass is 179 g/mol. The minimum atomic E-state index is 0. The van der Waals surface area contributed by atoms with Gasteiger partial charge < -0.3 is 5.11 Å². The molecule has 0 radical (unpaired) electrons. The fourth-order valence-electron chi connectivity index (χ4n) is 0.668. The first-order chi connectivity index (χ1) is 4.34. The van der Waals surface area contributed by atoms with E-state index in [2.05, 4.69) is 4.98 Å². The molecule has 0 spiro atoms. The van der Waals surface area contributed by atoms with Crippen LogP contribution in [0.1, 0.15) is 10.6 Å². The fraction of sp³-hybridized carbons (Fsp3) is 0.500. The van der Waals surface area contributed by atoms with E-state index >= 15 is 0 Å². The highest BCUT2D eigenvalue weighted by molar-refractivity contribution is 7.09. The Labute approximate surface area is 70.3 Å². The average molecular weight is 180 g/mol. The highest BCUT2D eigenvalue weighted by Gasteiger charge is 1.97. The second-order valence-electron chi connectivity index (χ2n) is 1.83. The molecule has 1 N–H and O–H groups in total. The van der Waals surface area contributed by atoms with Crippen LogP contribution < -0.4 is 0 Å². The van der Waals surface area contributed by atoms with Crippen LogP contribution in [0.5, 0.6) is 0 Å². The molecule has 0 bridgehead atoms. The van der Waals surface area contributed by atoms with Crippen molar-refractivity contribution in [1.29, 1.82) is 0 Å². The maximum absolute atomic E-state index is 8.54. The number of rotatable bonds is 2. The van der Waals surface area contributed by atoms with Crippen molar-refractivity contribution < 1.29 is 5.11 Å². The summed E-state index contributed by atoms with van der Waals surface area (Å²) in [5.41, 5.74) is 2.86. The molecule has 58 valence electrons. The number of aliphatic hydroxyl groups excluding tert-OH is 1. The van der Waals surface area contributed by atoms with Gasteiger partial charge in [-0.15, -0.1) is 23.7 Å². The molecule has 0 aliphatic heterocycles. The Bertz CT molecular complexity index is 190. The first kappa shape index (κ1) is 9.88. The molecular weight excluding hydrogens is 170 g/mol. The summed E-state index contributed by atoms with van der Waals surface area (Å²) in [6.45, 7) is 2.19. The molecule has 1 rings (SSSR count). The van der Waals surface area contributed by atoms with Crippen LogP contribution in [-0.2, 0) is 6.42 Å². The second kappa shape index (κ2) is 4.66. The van der Waals surface area contributed by atoms with Crippen molar-refractivity contribution in [3.8, 4) is 0 Å². The van der Waals surface area contributed by atoms with E-state index in [0.717, 1.165) is 12.1 Å². The number of aromatic nitrogens is 1. The topological polar surface area (TPSA) is 33.1 Å². The molecule has 1 aromatic heterocycles. The summed E-state index contributed by atoms with van der Waals surface area (Å²) in [4.78, 5) is 5.23. The highest BCUT2D eigenvalue weighted by atomic mass is 35.5. The molecule has 0 saturated carbocycles. The van der Waals surface area contributed by atoms with Crippen molar-refractivity contribution in [2.75, 3.05) is 6.61 Å². The van der Waals surface area contributed by atoms with E-state index in [1.807, 2.05) is 6.92 Å². The Morgan fingerprint density at radius 1 is 1.70 bits per heavy atom. The number of hydrogen-bond donors (Lipinski definition) is 1. The standard InChI is InChI=1S/C6H9NOS.ClH/c1-5-6(2-3-8)9-4-7-5;/h4,8H,2-3H2,1H3;1H. The fourth-order valence-corrected chi connectivity index (χ4v) is 1.44. The van der Waals surface area contributed by atoms with Crippen LogP contribution in [0.25, 0.3) is 0 Å². The van der Waals surface area contributed by atoms with Crippen LogP contribution in [0.2, 0.25) is 0 Å². The van der Waals surface area contributed by atoms with Gasteiger partial charge in [0.25, 0.3) is 0 Å². The number of thiazole rings is 1. The van der Waals surface area contributed by atoms with Gasteiger partial charge in [0.2, 0.25) is 0 Å². The molecule has 0 fully saturated rings. The van der Waals surface area contributed by atoms with E-state index in [1.54, 1.807) is 16.8 Å². The zero-order valence-corrected chi connectivity index (χ0v) is 7.34. The first-order valence-corrected chi connectivity index (χ1v) is 3.72. The van der Waals surface area contributed by atoms with E-state index in [1.165, 1.54) is 4.88 Å². The predicted octanol–water partition coefficient (Wildman–Crippen LogP) is 1.41. The maximum atomic E-state index is 8.54. The smallest absolute Gasteiger partial charge is 0.0797 e. The van der Waals surface area contributed by atoms with E-state index in [-0.39, 0.29) is 19.0 Å². The molecule has 0 aromatic carbocycles. The normalized spacial score (nSPS) is 9.00. The third kappa shape index (κ3) is 2.25. The van der Waals surface area contributed by atoms with E-state index in [0.29, 0.717) is 0 Å². The Morgan fingerprint density at radius 3 is 2.80 bits per heavy atom. The zero-order chi connectivity index (χ0) is 6.69. The molecule has 1 aromatic rings. The molecule has 0 aliphatic carbocycles. The molecular formula is C6H10ClNOS. The number of aryl methyl sites for hydroxylation is 1. The maximum Gasteiger partial charge on any atom is 0.0797 e. The van der Waals surface area contributed by atoms with Crippen molar-refractivity contribution in [2.24, 2.45) is 0 Å². The summed E-state index contributed by atoms with van der Waals surface area (Å²) in [5.74, 6) is 0. The van der Waals surface area contributed by atoms with Crippen molar-refractivity contribution >= 4 is 23.7 Å². The Kier molecular flexibility index (Phi) is 4.60. The third-order valence-electron chi connectivity index (χ3n) is 1.18. The van der Waals surface area contributed by atoms with Gasteiger partial charge in [-0.25, -0.2) is 4.98 Å². The van der Waals surface area contributed by atoms with E-state index in [9.17, 15) is 0 Å². The van der Waals surface area contributed by atoms with Gasteiger partial charge in [-0.05, 0) is 6.92 Å². The predicted molar refractivity (Wildman–Crippen MR) is 44.9 cm³/mol. The van der Waals surface area contributed by atoms with Crippen LogP contribution in [0.3, 0.4) is 0 Å². The number of aliphatic hydroxyl groups is 1. The lowest BCUT2D eigenvalue weighted by Gasteiger charge is -1.90. The van der Waals surface area contributed by atoms with Gasteiger partial charge in [-0.3, -0.25) is 0 Å². The minimum absolute atomic E-state index is 0. The largest absolute Gasteiger partial charge is 0.396 e. The third-order valence-corrected chi connectivity index (χ3v) is 2.18. The highest BCUT2D eigenvalue weighted by Crippen LogP contribution is 2.11. The molecule has 2 nitrogen and oxygen atoms in total. The quantitative estimate of drug-likeness (QED) is 0.745. The summed E-state index contributed by atoms with van der Waals surface area (Å²) in [5, 5.41) is 8.54. The summed E-state index contributed by atoms with van der Waals surface area (Å²) in [6, 6.07) is 0. The second-order valence-corrected chi connectivity index (χ2v) is 2.77. The van der Waals surface area contributed by atoms with Gasteiger partial charge >= 0.3 is 0 Å². The SMILES string of the molecule is Cc1ncsc1CCO.Cl. The van der Waals surface area contributed by atoms with Crippen LogP contribution in [0.15, 0.2) is 5.51 Å². The van der Waals surface area contributed by atoms with Gasteiger partial charge in [-0.2, -0.15) is 0 Å². The van der Waals surface area contributed by atoms with Crippen molar-refractivity contribution in [3.05, 3.63) is 16.1 Å². The van der Waals surface area contributed by atoms with E-state index in [4.69, 9.17) is 5.11 Å². The summed E-state index contributed by atoms with van der Waals surface area (Å²) in [6.07, 6.45) is 0.747. The Hall–Kier alpha value is -0.120. The molecule has 0 saturated heterocycles. The van der Waals surface area contributed by atoms with Gasteiger partial charge in [-0.1, -0.05) is 0 Å². The molecule has 0 atom stereocenters. The molecule has 1 heterocycles. The number of halogens is 1. The minimum Gasteiger partial charge on any atom is -0.396 e. The van der Waals surface area contributed by atoms with Gasteiger partial charge in [0.05, 0.1) is 11.2 Å². The van der Waals surface area contributed by atoms with Gasteiger partial charge in [0.1, 0.15) is 0 Å². The Balaban J connectivity index is 0.000000810. The average Bonchev–Trinajstić information content (AvgIpc) is 2.18. The van der Waals surface area contributed by atoms with Crippen molar-refractivity contribution in [3.63, 3.8) is 0 Å². The molecule has 10 heavy (non-hydrogen) atoms. The van der Waals surface area contributed by atoms with Crippen LogP contribution in [-0.4, -0.2) is 16.7 Å². The summed E-state index contributed by atoms with van der Waals surface area (Å²) >= 11 is 1.60. The number of nitrogens with zero attached hydrogens (tertiary/aromatic N) is 1. The van der Waals surface area contributed by atoms with E-state index < -0.39 is 0 Å². The molecule has 4 heteroatoms. The molecule has 0 unspecified atom stereocenters. The lowest BCUT2D eigenvalue weighted by molar-refractivity contribution is 0.300. The van der Waals surface area contributed by atoms with Crippen LogP contribution >= 0.6 is 23.7 Å². The van der Waals surface area contributed by atoms with Crippen LogP contribution in [0.4, 0.5) is 0 Å². The molecule has 0 amide bonds. The lowest BCUT2D eigenvalue weighted by Crippen LogP contribution is -1.88. The number of hydrogen-bond acceptors (Lipinski definition) is 3. The van der Waals surface area contributed by atoms with Gasteiger partial charge in [0, 0.05) is 17.9 Å². The summed E-state index contributed by atoms with van der Waals surface area (Å²) in [7, 11) is 0. The van der Waals surface area contributed by atoms with Crippen molar-refractivity contribution in [1.82, 2.24) is 4.98 Å². The summed E-state index contributed by atoms with van der Waals surface area (Å²) < 4.78 is 0. The lowest BCUT2D eigenvalue weighted by atomic mass is 10.3. The van der Waals surface area contributed by atoms with Gasteiger partial charge in [0.15, 0.2) is 0 Å². The first-order valence-electron chi connectivity index (χ1n) is 2.84. The van der Waals surface area contributed by atoms with Crippen LogP contribution in [0, 0.1) is 6.92 Å². The van der Waals surface area contributed by atoms with Crippen molar-refractivity contribution in [2.45, 2.75) is 13.3 Å². The Morgan fingerprint density at radius 2 is 2.40 bits per heavy atom. The zero-order valence-electron chi connectivity index (χ0n) is 5.70.